The van der Waals surface area contributed by atoms with Crippen LogP contribution in [0.5, 0.6) is 0 Å². The molecule has 0 aromatic heterocycles. The molecular formula is C17H20N2O2. The molecule has 1 heterocycles. The Balaban J connectivity index is 1.69. The van der Waals surface area contributed by atoms with Crippen molar-refractivity contribution in [3.05, 3.63) is 41.5 Å². The maximum Gasteiger partial charge on any atom is 0.234 e. The van der Waals surface area contributed by atoms with Gasteiger partial charge in [-0.3, -0.25) is 14.5 Å². The number of carbonyl (C=O) groups excluding carboxylic acids is 2. The number of aryl methyl sites for hydroxylation is 2. The minimum atomic E-state index is -0.149. The number of fused-ring (bicyclic) bond motifs is 1. The quantitative estimate of drug-likeness (QED) is 0.685. The van der Waals surface area contributed by atoms with Crippen LogP contribution in [0.3, 0.4) is 0 Å². The van der Waals surface area contributed by atoms with Crippen LogP contribution in [0, 0.1) is 25.7 Å². The molecule has 4 nitrogen and oxygen atoms in total. The molecule has 21 heavy (non-hydrogen) atoms. The third-order valence-electron chi connectivity index (χ3n) is 4.55. The number of anilines is 1. The Kier molecular flexibility index (Phi) is 3.53. The van der Waals surface area contributed by atoms with Crippen molar-refractivity contribution in [2.45, 2.75) is 26.7 Å². The number of rotatable bonds is 3. The van der Waals surface area contributed by atoms with Crippen LogP contribution in [0.4, 0.5) is 5.69 Å². The largest absolute Gasteiger partial charge is 0.367 e. The number of imide groups is 1. The van der Waals surface area contributed by atoms with E-state index in [1.807, 2.05) is 37.3 Å². The number of nitrogens with zero attached hydrogens (tertiary/aromatic N) is 1. The minimum absolute atomic E-state index is 0.0364. The van der Waals surface area contributed by atoms with E-state index in [1.54, 1.807) is 0 Å². The van der Waals surface area contributed by atoms with E-state index in [9.17, 15) is 9.59 Å². The van der Waals surface area contributed by atoms with E-state index in [1.165, 1.54) is 16.0 Å². The zero-order valence-electron chi connectivity index (χ0n) is 12.4. The Bertz CT molecular complexity index is 595. The lowest BCUT2D eigenvalue weighted by Gasteiger charge is -2.17. The summed E-state index contributed by atoms with van der Waals surface area (Å²) in [7, 11) is 0. The van der Waals surface area contributed by atoms with Gasteiger partial charge >= 0.3 is 0 Å². The first kappa shape index (κ1) is 13.9. The van der Waals surface area contributed by atoms with E-state index >= 15 is 0 Å². The average molecular weight is 284 g/mol. The predicted molar refractivity (Wildman–Crippen MR) is 81.6 cm³/mol. The van der Waals surface area contributed by atoms with Crippen molar-refractivity contribution < 1.29 is 9.59 Å². The zero-order valence-corrected chi connectivity index (χ0v) is 12.4. The number of benzene rings is 1. The van der Waals surface area contributed by atoms with E-state index in [4.69, 9.17) is 0 Å². The molecule has 110 valence electrons. The van der Waals surface area contributed by atoms with Crippen LogP contribution in [-0.2, 0) is 9.59 Å². The van der Waals surface area contributed by atoms with Crippen LogP contribution >= 0.6 is 0 Å². The summed E-state index contributed by atoms with van der Waals surface area (Å²) in [6.07, 6.45) is 5.39. The lowest BCUT2D eigenvalue weighted by atomic mass is 9.85. The Hall–Kier alpha value is -2.10. The van der Waals surface area contributed by atoms with Gasteiger partial charge in [-0.15, -0.1) is 0 Å². The van der Waals surface area contributed by atoms with Crippen LogP contribution in [-0.4, -0.2) is 23.4 Å². The second-order valence-corrected chi connectivity index (χ2v) is 5.89. The number of hydrogen-bond donors (Lipinski definition) is 1. The van der Waals surface area contributed by atoms with Crippen LogP contribution in [0.1, 0.15) is 24.0 Å². The summed E-state index contributed by atoms with van der Waals surface area (Å²) in [5, 5.41) is 3.19. The predicted octanol–water partition coefficient (Wildman–Crippen LogP) is 2.62. The standard InChI is InChI=1S/C17H20N2O2/c1-11-7-8-13(9-12(11)2)18-10-19-16(20)14-5-3-4-6-15(14)17(19)21/h3-4,7-9,14-15,18H,5-6,10H2,1-2H3/t14-,15-/m0/s1. The molecule has 0 bridgehead atoms. The molecule has 0 spiro atoms. The van der Waals surface area contributed by atoms with Gasteiger partial charge in [0.25, 0.3) is 0 Å². The first-order chi connectivity index (χ1) is 10.1. The molecule has 1 aromatic carbocycles. The third kappa shape index (κ3) is 2.46. The number of carbonyl (C=O) groups is 2. The third-order valence-corrected chi connectivity index (χ3v) is 4.55. The van der Waals surface area contributed by atoms with Crippen LogP contribution in [0.15, 0.2) is 30.4 Å². The first-order valence-electron chi connectivity index (χ1n) is 7.39. The molecule has 1 aromatic rings. The van der Waals surface area contributed by atoms with Gasteiger partial charge < -0.3 is 5.32 Å². The van der Waals surface area contributed by atoms with Crippen molar-refractivity contribution in [2.24, 2.45) is 11.8 Å². The molecule has 2 aliphatic rings. The molecule has 1 fully saturated rings. The topological polar surface area (TPSA) is 49.4 Å². The summed E-state index contributed by atoms with van der Waals surface area (Å²) in [6.45, 7) is 4.37. The summed E-state index contributed by atoms with van der Waals surface area (Å²) < 4.78 is 0. The Morgan fingerprint density at radius 1 is 1.05 bits per heavy atom. The first-order valence-corrected chi connectivity index (χ1v) is 7.39. The lowest BCUT2D eigenvalue weighted by Crippen LogP contribution is -2.35. The summed E-state index contributed by atoms with van der Waals surface area (Å²) in [5.74, 6) is -0.371. The summed E-state index contributed by atoms with van der Waals surface area (Å²) in [6, 6.07) is 6.05. The number of amides is 2. The molecule has 2 amide bonds. The van der Waals surface area contributed by atoms with Gasteiger partial charge in [0.05, 0.1) is 18.5 Å². The molecule has 1 aliphatic heterocycles. The van der Waals surface area contributed by atoms with Crippen LogP contribution in [0.25, 0.3) is 0 Å². The molecule has 0 saturated carbocycles. The van der Waals surface area contributed by atoms with Gasteiger partial charge in [-0.1, -0.05) is 18.2 Å². The lowest BCUT2D eigenvalue weighted by molar-refractivity contribution is -0.139. The normalized spacial score (nSPS) is 24.4. The Labute approximate surface area is 124 Å². The summed E-state index contributed by atoms with van der Waals surface area (Å²) in [5.41, 5.74) is 3.36. The average Bonchev–Trinajstić information content (AvgIpc) is 2.73. The highest BCUT2D eigenvalue weighted by Gasteiger charge is 2.46. The van der Waals surface area contributed by atoms with Crippen molar-refractivity contribution in [3.63, 3.8) is 0 Å². The van der Waals surface area contributed by atoms with Gasteiger partial charge in [-0.2, -0.15) is 0 Å². The van der Waals surface area contributed by atoms with E-state index in [0.29, 0.717) is 12.8 Å². The highest BCUT2D eigenvalue weighted by molar-refractivity contribution is 6.05. The second-order valence-electron chi connectivity index (χ2n) is 5.89. The molecule has 2 atom stereocenters. The maximum absolute atomic E-state index is 12.3. The maximum atomic E-state index is 12.3. The van der Waals surface area contributed by atoms with Crippen molar-refractivity contribution in [3.8, 4) is 0 Å². The monoisotopic (exact) mass is 284 g/mol. The fraction of sp³-hybridized carbons (Fsp3) is 0.412. The summed E-state index contributed by atoms with van der Waals surface area (Å²) >= 11 is 0. The Morgan fingerprint density at radius 3 is 2.24 bits per heavy atom. The van der Waals surface area contributed by atoms with Crippen LogP contribution in [0.2, 0.25) is 0 Å². The fourth-order valence-electron chi connectivity index (χ4n) is 3.05. The van der Waals surface area contributed by atoms with Gasteiger partial charge in [0.1, 0.15) is 0 Å². The van der Waals surface area contributed by atoms with E-state index in [0.717, 1.165) is 5.69 Å². The van der Waals surface area contributed by atoms with Gasteiger partial charge in [0, 0.05) is 5.69 Å². The van der Waals surface area contributed by atoms with Gasteiger partial charge in [0.2, 0.25) is 11.8 Å². The molecule has 0 radical (unpaired) electrons. The van der Waals surface area contributed by atoms with Crippen molar-refractivity contribution in [1.29, 1.82) is 0 Å². The highest BCUT2D eigenvalue weighted by Crippen LogP contribution is 2.34. The van der Waals surface area contributed by atoms with Crippen molar-refractivity contribution >= 4 is 17.5 Å². The molecule has 1 aliphatic carbocycles. The number of allylic oxidation sites excluding steroid dienone is 2. The number of nitrogens with one attached hydrogen (secondary N) is 1. The van der Waals surface area contributed by atoms with Gasteiger partial charge in [0.15, 0.2) is 0 Å². The van der Waals surface area contributed by atoms with Gasteiger partial charge in [-0.05, 0) is 49.9 Å². The Morgan fingerprint density at radius 2 is 1.67 bits per heavy atom. The molecular weight excluding hydrogens is 264 g/mol. The zero-order chi connectivity index (χ0) is 15.0. The molecule has 3 rings (SSSR count). The van der Waals surface area contributed by atoms with E-state index in [-0.39, 0.29) is 30.3 Å². The molecule has 0 unspecified atom stereocenters. The van der Waals surface area contributed by atoms with E-state index < -0.39 is 0 Å². The van der Waals surface area contributed by atoms with E-state index in [2.05, 4.69) is 12.2 Å². The smallest absolute Gasteiger partial charge is 0.234 e. The molecule has 4 heteroatoms. The number of likely N-dealkylation sites (tertiary alicyclic amines) is 1. The molecule has 1 saturated heterocycles. The van der Waals surface area contributed by atoms with Crippen molar-refractivity contribution in [2.75, 3.05) is 12.0 Å². The van der Waals surface area contributed by atoms with Gasteiger partial charge in [-0.25, -0.2) is 0 Å². The number of hydrogen-bond acceptors (Lipinski definition) is 3. The SMILES string of the molecule is Cc1ccc(NCN2C(=O)[C@H]3CC=CC[C@@H]3C2=O)cc1C. The second kappa shape index (κ2) is 5.35. The van der Waals surface area contributed by atoms with Crippen molar-refractivity contribution in [1.82, 2.24) is 4.90 Å². The summed E-state index contributed by atoms with van der Waals surface area (Å²) in [4.78, 5) is 26.0. The highest BCUT2D eigenvalue weighted by atomic mass is 16.2. The minimum Gasteiger partial charge on any atom is -0.367 e. The van der Waals surface area contributed by atoms with Crippen LogP contribution < -0.4 is 5.32 Å². The fourth-order valence-corrected chi connectivity index (χ4v) is 3.05. The molecule has 1 N–H and O–H groups in total.